The largest absolute Gasteiger partial charge is 0.490 e. The Balaban J connectivity index is 0.000000198. The van der Waals surface area contributed by atoms with Crippen molar-refractivity contribution in [3.63, 3.8) is 0 Å². The SMILES string of the molecule is Cc1ccc2cc1-2.O=C(C1C[Si]1)N1CCNCC1COc1cccnc1. The summed E-state index contributed by atoms with van der Waals surface area (Å²) in [4.78, 5) is 18.2. The van der Waals surface area contributed by atoms with E-state index in [1.54, 1.807) is 12.4 Å². The van der Waals surface area contributed by atoms with Crippen LogP contribution >= 0.6 is 0 Å². The molecule has 2 aliphatic carbocycles. The van der Waals surface area contributed by atoms with Crippen molar-refractivity contribution in [2.75, 3.05) is 26.2 Å². The molecular formula is C20H23N3O2Si. The molecule has 3 heterocycles. The van der Waals surface area contributed by atoms with Crippen LogP contribution in [0.15, 0.2) is 42.7 Å². The van der Waals surface area contributed by atoms with Gasteiger partial charge in [-0.1, -0.05) is 18.2 Å². The van der Waals surface area contributed by atoms with Gasteiger partial charge in [-0.15, -0.1) is 0 Å². The van der Waals surface area contributed by atoms with Crippen LogP contribution in [0, 0.1) is 6.92 Å². The second-order valence-electron chi connectivity index (χ2n) is 6.88. The number of aromatic nitrogens is 1. The Morgan fingerprint density at radius 1 is 1.42 bits per heavy atom. The minimum absolute atomic E-state index is 0.131. The van der Waals surface area contributed by atoms with Gasteiger partial charge in [0, 0.05) is 31.4 Å². The number of nitrogens with one attached hydrogen (secondary N) is 1. The van der Waals surface area contributed by atoms with E-state index >= 15 is 0 Å². The lowest BCUT2D eigenvalue weighted by molar-refractivity contribution is -0.133. The highest BCUT2D eigenvalue weighted by molar-refractivity contribution is 6.57. The van der Waals surface area contributed by atoms with Crippen molar-refractivity contribution in [2.45, 2.75) is 24.6 Å². The van der Waals surface area contributed by atoms with Gasteiger partial charge in [-0.25, -0.2) is 0 Å². The summed E-state index contributed by atoms with van der Waals surface area (Å²) >= 11 is 0. The highest BCUT2D eigenvalue weighted by Gasteiger charge is 2.38. The molecule has 0 spiro atoms. The third-order valence-corrected chi connectivity index (χ3v) is 5.95. The predicted molar refractivity (Wildman–Crippen MR) is 103 cm³/mol. The fourth-order valence-electron chi connectivity index (χ4n) is 3.16. The van der Waals surface area contributed by atoms with Gasteiger partial charge in [0.05, 0.1) is 21.8 Å². The van der Waals surface area contributed by atoms with E-state index in [4.69, 9.17) is 4.74 Å². The summed E-state index contributed by atoms with van der Waals surface area (Å²) in [5.74, 6) is 1.08. The molecule has 6 heteroatoms. The summed E-state index contributed by atoms with van der Waals surface area (Å²) in [7, 11) is 0.831. The Hall–Kier alpha value is -2.18. The van der Waals surface area contributed by atoms with Gasteiger partial charge in [0.2, 0.25) is 5.91 Å². The topological polar surface area (TPSA) is 54.5 Å². The number of carbonyl (C=O) groups excluding carboxylic acids is 1. The van der Waals surface area contributed by atoms with Gasteiger partial charge in [0.1, 0.15) is 12.4 Å². The third-order valence-electron chi connectivity index (χ3n) is 4.88. The number of benzene rings is 1. The molecule has 1 N–H and O–H groups in total. The molecule has 0 saturated carbocycles. The lowest BCUT2D eigenvalue weighted by Crippen LogP contribution is -2.56. The van der Waals surface area contributed by atoms with E-state index in [1.807, 2.05) is 17.0 Å². The van der Waals surface area contributed by atoms with Gasteiger partial charge in [0.15, 0.2) is 0 Å². The van der Waals surface area contributed by atoms with Crippen LogP contribution < -0.4 is 10.1 Å². The molecule has 2 unspecified atom stereocenters. The smallest absolute Gasteiger partial charge is 0.222 e. The number of piperazine rings is 1. The normalized spacial score (nSPS) is 22.1. The molecule has 1 amide bonds. The highest BCUT2D eigenvalue weighted by Crippen LogP contribution is 2.37. The molecule has 2 atom stereocenters. The van der Waals surface area contributed by atoms with Crippen LogP contribution in [0.5, 0.6) is 5.75 Å². The monoisotopic (exact) mass is 365 g/mol. The quantitative estimate of drug-likeness (QED) is 0.720. The summed E-state index contributed by atoms with van der Waals surface area (Å²) in [6, 6.07) is 11.5. The van der Waals surface area contributed by atoms with Crippen molar-refractivity contribution in [1.82, 2.24) is 15.2 Å². The van der Waals surface area contributed by atoms with Gasteiger partial charge in [-0.3, -0.25) is 9.78 Å². The van der Waals surface area contributed by atoms with Crippen LogP contribution in [-0.2, 0) is 4.79 Å². The molecule has 5 rings (SSSR count). The number of carbonyl (C=O) groups is 1. The minimum atomic E-state index is 0.131. The first-order valence-electron chi connectivity index (χ1n) is 9.11. The number of amides is 1. The van der Waals surface area contributed by atoms with E-state index in [9.17, 15) is 4.79 Å². The summed E-state index contributed by atoms with van der Waals surface area (Å²) in [6.45, 7) is 5.15. The Morgan fingerprint density at radius 2 is 2.31 bits per heavy atom. The van der Waals surface area contributed by atoms with E-state index in [0.29, 0.717) is 18.1 Å². The number of fused-ring (bicyclic) bond motifs is 1. The van der Waals surface area contributed by atoms with Crippen LogP contribution in [-0.4, -0.2) is 57.6 Å². The van der Waals surface area contributed by atoms with Crippen LogP contribution in [0.3, 0.4) is 0 Å². The summed E-state index contributed by atoms with van der Waals surface area (Å²) < 4.78 is 5.73. The second kappa shape index (κ2) is 7.59. The fourth-order valence-corrected chi connectivity index (χ4v) is 3.79. The first-order valence-corrected chi connectivity index (χ1v) is 10.4. The van der Waals surface area contributed by atoms with Crippen LogP contribution in [0.25, 0.3) is 11.1 Å². The Bertz CT molecular complexity index is 780. The molecule has 2 aliphatic heterocycles. The first kappa shape index (κ1) is 17.2. The molecule has 1 aromatic rings. The van der Waals surface area contributed by atoms with E-state index in [2.05, 4.69) is 35.4 Å². The number of rotatable bonds is 4. The molecule has 0 aromatic carbocycles. The predicted octanol–water partition coefficient (Wildman–Crippen LogP) is 2.16. The van der Waals surface area contributed by atoms with Gasteiger partial charge in [-0.05, 0) is 41.8 Å². The molecular weight excluding hydrogens is 342 g/mol. The average molecular weight is 366 g/mol. The molecule has 5 nitrogen and oxygen atoms in total. The van der Waals surface area contributed by atoms with Crippen molar-refractivity contribution in [3.8, 4) is 16.9 Å². The number of pyridine rings is 1. The molecule has 0 bridgehead atoms. The van der Waals surface area contributed by atoms with E-state index in [1.165, 1.54) is 16.7 Å². The highest BCUT2D eigenvalue weighted by atomic mass is 28.2. The number of nitrogens with zero attached hydrogens (tertiary/aromatic N) is 2. The maximum absolute atomic E-state index is 12.2. The van der Waals surface area contributed by atoms with Crippen LogP contribution in [0.1, 0.15) is 5.56 Å². The van der Waals surface area contributed by atoms with Gasteiger partial charge in [-0.2, -0.15) is 0 Å². The summed E-state index contributed by atoms with van der Waals surface area (Å²) in [6.07, 6.45) is 3.42. The third kappa shape index (κ3) is 4.13. The lowest BCUT2D eigenvalue weighted by Gasteiger charge is -2.36. The van der Waals surface area contributed by atoms with E-state index in [-0.39, 0.29) is 6.04 Å². The Morgan fingerprint density at radius 3 is 2.88 bits per heavy atom. The van der Waals surface area contributed by atoms with Crippen molar-refractivity contribution < 1.29 is 9.53 Å². The number of hydrogen-bond acceptors (Lipinski definition) is 4. The van der Waals surface area contributed by atoms with Crippen molar-refractivity contribution in [2.24, 2.45) is 0 Å². The van der Waals surface area contributed by atoms with Gasteiger partial charge in [0.25, 0.3) is 0 Å². The number of aryl methyl sites for hydroxylation is 1. The zero-order valence-electron chi connectivity index (χ0n) is 14.9. The van der Waals surface area contributed by atoms with Gasteiger partial charge < -0.3 is 15.0 Å². The zero-order chi connectivity index (χ0) is 17.9. The minimum Gasteiger partial charge on any atom is -0.490 e. The Labute approximate surface area is 156 Å². The lowest BCUT2D eigenvalue weighted by atomic mass is 10.2. The number of hydrogen-bond donors (Lipinski definition) is 1. The molecule has 2 fully saturated rings. The van der Waals surface area contributed by atoms with Crippen molar-refractivity contribution in [1.29, 1.82) is 0 Å². The first-order chi connectivity index (χ1) is 12.7. The van der Waals surface area contributed by atoms with E-state index in [0.717, 1.165) is 40.9 Å². The summed E-state index contributed by atoms with van der Waals surface area (Å²) in [5.41, 5.74) is 4.64. The second-order valence-corrected chi connectivity index (χ2v) is 8.39. The maximum atomic E-state index is 12.2. The number of ether oxygens (including phenoxy) is 1. The van der Waals surface area contributed by atoms with E-state index < -0.39 is 0 Å². The standard InChI is InChI=1S/C13H17N3O2Si.C7H6/c17-13(12-9-19-12)16-5-4-15-6-10(16)8-18-11-2-1-3-14-7-11;1-5-2-3-6-4-7(5)6/h1-3,7,10,12,15H,4-6,8-9H2;2-4H,1H3. The van der Waals surface area contributed by atoms with Crippen LogP contribution in [0.2, 0.25) is 11.6 Å². The summed E-state index contributed by atoms with van der Waals surface area (Å²) in [5, 5.41) is 3.33. The Kier molecular flexibility index (Phi) is 5.04. The van der Waals surface area contributed by atoms with Crippen molar-refractivity contribution in [3.05, 3.63) is 48.3 Å². The molecule has 2 saturated heterocycles. The molecule has 134 valence electrons. The van der Waals surface area contributed by atoms with Gasteiger partial charge >= 0.3 is 0 Å². The average Bonchev–Trinajstić information content (AvgIpc) is 3.60. The molecule has 2 radical (unpaired) electrons. The fraction of sp³-hybridized carbons (Fsp3) is 0.400. The van der Waals surface area contributed by atoms with Crippen molar-refractivity contribution >= 4 is 15.4 Å². The van der Waals surface area contributed by atoms with Crippen LogP contribution in [0.4, 0.5) is 0 Å². The maximum Gasteiger partial charge on any atom is 0.222 e. The molecule has 4 aliphatic rings. The molecule has 1 aromatic heterocycles. The molecule has 26 heavy (non-hydrogen) atoms. The zero-order valence-corrected chi connectivity index (χ0v) is 15.9.